The number of hydrogen-bond donors (Lipinski definition) is 1. The van der Waals surface area contributed by atoms with E-state index in [1.54, 1.807) is 17.1 Å². The molecule has 3 heterocycles. The number of aliphatic hydroxyl groups is 1. The number of aliphatic hydroxyl groups excluding tert-OH is 1. The molecule has 0 aromatic carbocycles. The minimum absolute atomic E-state index is 0.111. The third-order valence-corrected chi connectivity index (χ3v) is 4.38. The molecule has 0 amide bonds. The standard InChI is InChI=1S/C12H15BrN6O/c1-7-11(13)12(16-8(2)15-7)18-5-9(10(20)6-18)19-4-3-14-17-19/h3-4,9-10,20H,5-6H2,1-2H3/t9-,10-/m1/s1. The van der Waals surface area contributed by atoms with Crippen LogP contribution in [0, 0.1) is 13.8 Å². The first-order valence-electron chi connectivity index (χ1n) is 6.36. The number of aryl methyl sites for hydroxylation is 2. The Bertz CT molecular complexity index is 617. The maximum absolute atomic E-state index is 10.2. The van der Waals surface area contributed by atoms with Crippen LogP contribution in [-0.4, -0.2) is 49.3 Å². The third-order valence-electron chi connectivity index (χ3n) is 3.45. The van der Waals surface area contributed by atoms with Gasteiger partial charge >= 0.3 is 0 Å². The predicted molar refractivity (Wildman–Crippen MR) is 76.5 cm³/mol. The Labute approximate surface area is 124 Å². The van der Waals surface area contributed by atoms with Gasteiger partial charge in [-0.3, -0.25) is 0 Å². The summed E-state index contributed by atoms with van der Waals surface area (Å²) in [7, 11) is 0. The van der Waals surface area contributed by atoms with Crippen LogP contribution in [0.3, 0.4) is 0 Å². The Morgan fingerprint density at radius 2 is 2.10 bits per heavy atom. The number of aromatic nitrogens is 5. The summed E-state index contributed by atoms with van der Waals surface area (Å²) in [5.74, 6) is 1.54. The van der Waals surface area contributed by atoms with Crippen LogP contribution in [0.4, 0.5) is 5.82 Å². The number of nitrogens with zero attached hydrogens (tertiary/aromatic N) is 6. The highest BCUT2D eigenvalue weighted by molar-refractivity contribution is 9.10. The Kier molecular flexibility index (Phi) is 3.43. The summed E-state index contributed by atoms with van der Waals surface area (Å²) in [5, 5.41) is 18.0. The van der Waals surface area contributed by atoms with Gasteiger partial charge in [-0.05, 0) is 29.8 Å². The molecule has 1 aliphatic heterocycles. The van der Waals surface area contributed by atoms with Gasteiger partial charge in [-0.1, -0.05) is 5.21 Å². The minimum Gasteiger partial charge on any atom is -0.389 e. The summed E-state index contributed by atoms with van der Waals surface area (Å²) < 4.78 is 2.56. The first-order chi connectivity index (χ1) is 9.56. The first-order valence-corrected chi connectivity index (χ1v) is 7.15. The van der Waals surface area contributed by atoms with Crippen molar-refractivity contribution in [3.05, 3.63) is 28.4 Å². The average molecular weight is 339 g/mol. The van der Waals surface area contributed by atoms with E-state index in [1.807, 2.05) is 18.7 Å². The molecule has 7 nitrogen and oxygen atoms in total. The van der Waals surface area contributed by atoms with Crippen molar-refractivity contribution >= 4 is 21.7 Å². The van der Waals surface area contributed by atoms with Crippen molar-refractivity contribution in [3.63, 3.8) is 0 Å². The van der Waals surface area contributed by atoms with E-state index in [0.717, 1.165) is 21.8 Å². The smallest absolute Gasteiger partial charge is 0.147 e. The monoisotopic (exact) mass is 338 g/mol. The van der Waals surface area contributed by atoms with Gasteiger partial charge in [0.1, 0.15) is 11.6 Å². The SMILES string of the molecule is Cc1nc(C)c(Br)c(N2C[C@@H](O)[C@H](n3ccnn3)C2)n1. The van der Waals surface area contributed by atoms with E-state index in [0.29, 0.717) is 13.1 Å². The van der Waals surface area contributed by atoms with E-state index in [-0.39, 0.29) is 6.04 Å². The number of β-amino-alcohol motifs (C(OH)–C–C–N with tert-alkyl or cyclic N) is 1. The summed E-state index contributed by atoms with van der Waals surface area (Å²) in [6, 6.07) is -0.111. The molecule has 0 unspecified atom stereocenters. The summed E-state index contributed by atoms with van der Waals surface area (Å²) >= 11 is 3.53. The second-order valence-corrected chi connectivity index (χ2v) is 5.71. The zero-order chi connectivity index (χ0) is 14.3. The number of rotatable bonds is 2. The molecule has 8 heteroatoms. The quantitative estimate of drug-likeness (QED) is 0.875. The maximum Gasteiger partial charge on any atom is 0.147 e. The molecule has 3 rings (SSSR count). The fourth-order valence-electron chi connectivity index (χ4n) is 2.49. The van der Waals surface area contributed by atoms with Crippen molar-refractivity contribution in [1.29, 1.82) is 0 Å². The average Bonchev–Trinajstić information content (AvgIpc) is 3.02. The van der Waals surface area contributed by atoms with E-state index in [4.69, 9.17) is 0 Å². The highest BCUT2D eigenvalue weighted by Gasteiger charge is 2.35. The fourth-order valence-corrected chi connectivity index (χ4v) is 2.92. The molecule has 106 valence electrons. The van der Waals surface area contributed by atoms with Crippen LogP contribution >= 0.6 is 15.9 Å². The summed E-state index contributed by atoms with van der Waals surface area (Å²) in [5.41, 5.74) is 0.895. The van der Waals surface area contributed by atoms with E-state index < -0.39 is 6.10 Å². The molecular formula is C12H15BrN6O. The second kappa shape index (κ2) is 5.10. The lowest BCUT2D eigenvalue weighted by Crippen LogP contribution is -2.23. The largest absolute Gasteiger partial charge is 0.389 e. The van der Waals surface area contributed by atoms with Crippen molar-refractivity contribution in [2.75, 3.05) is 18.0 Å². The molecule has 0 radical (unpaired) electrons. The maximum atomic E-state index is 10.2. The van der Waals surface area contributed by atoms with Crippen molar-refractivity contribution in [3.8, 4) is 0 Å². The molecule has 2 aromatic rings. The van der Waals surface area contributed by atoms with Gasteiger partial charge in [0.15, 0.2) is 0 Å². The zero-order valence-corrected chi connectivity index (χ0v) is 12.8. The van der Waals surface area contributed by atoms with Gasteiger partial charge in [-0.25, -0.2) is 14.6 Å². The van der Waals surface area contributed by atoms with Crippen LogP contribution in [-0.2, 0) is 0 Å². The van der Waals surface area contributed by atoms with Crippen LogP contribution in [0.15, 0.2) is 16.9 Å². The van der Waals surface area contributed by atoms with Gasteiger partial charge in [0.25, 0.3) is 0 Å². The normalized spacial score (nSPS) is 22.5. The number of halogens is 1. The van der Waals surface area contributed by atoms with Crippen LogP contribution < -0.4 is 4.90 Å². The Morgan fingerprint density at radius 1 is 1.30 bits per heavy atom. The molecule has 0 bridgehead atoms. The van der Waals surface area contributed by atoms with Gasteiger partial charge in [0.05, 0.1) is 28.5 Å². The van der Waals surface area contributed by atoms with E-state index in [9.17, 15) is 5.11 Å². The van der Waals surface area contributed by atoms with E-state index >= 15 is 0 Å². The molecule has 1 N–H and O–H groups in total. The van der Waals surface area contributed by atoms with Crippen molar-refractivity contribution in [2.45, 2.75) is 26.0 Å². The van der Waals surface area contributed by atoms with Crippen molar-refractivity contribution in [2.24, 2.45) is 0 Å². The summed E-state index contributed by atoms with van der Waals surface area (Å²) in [6.45, 7) is 4.95. The molecule has 1 saturated heterocycles. The molecule has 0 spiro atoms. The molecule has 2 aromatic heterocycles. The second-order valence-electron chi connectivity index (χ2n) is 4.92. The molecular weight excluding hydrogens is 324 g/mol. The molecule has 2 atom stereocenters. The first kappa shape index (κ1) is 13.4. The fraction of sp³-hybridized carbons (Fsp3) is 0.500. The molecule has 20 heavy (non-hydrogen) atoms. The van der Waals surface area contributed by atoms with Crippen LogP contribution in [0.1, 0.15) is 17.6 Å². The Hall–Kier alpha value is -1.54. The number of hydrogen-bond acceptors (Lipinski definition) is 6. The molecule has 0 saturated carbocycles. The summed E-state index contributed by atoms with van der Waals surface area (Å²) in [6.07, 6.45) is 2.88. The van der Waals surface area contributed by atoms with Gasteiger partial charge in [0, 0.05) is 19.3 Å². The van der Waals surface area contributed by atoms with Crippen LogP contribution in [0.25, 0.3) is 0 Å². The Balaban J connectivity index is 1.90. The zero-order valence-electron chi connectivity index (χ0n) is 11.2. The molecule has 1 fully saturated rings. The highest BCUT2D eigenvalue weighted by Crippen LogP contribution is 2.32. The van der Waals surface area contributed by atoms with E-state index in [2.05, 4.69) is 36.2 Å². The minimum atomic E-state index is -0.501. The molecule has 0 aliphatic carbocycles. The lowest BCUT2D eigenvalue weighted by molar-refractivity contribution is 0.144. The molecule has 1 aliphatic rings. The predicted octanol–water partition coefficient (Wildman–Crippen LogP) is 0.870. The Morgan fingerprint density at radius 3 is 2.80 bits per heavy atom. The van der Waals surface area contributed by atoms with Gasteiger partial charge in [-0.15, -0.1) is 5.10 Å². The topological polar surface area (TPSA) is 80.0 Å². The van der Waals surface area contributed by atoms with Crippen molar-refractivity contribution < 1.29 is 5.11 Å². The third kappa shape index (κ3) is 2.29. The van der Waals surface area contributed by atoms with Gasteiger partial charge in [-0.2, -0.15) is 0 Å². The van der Waals surface area contributed by atoms with Gasteiger partial charge < -0.3 is 10.0 Å². The summed E-state index contributed by atoms with van der Waals surface area (Å²) in [4.78, 5) is 10.8. The van der Waals surface area contributed by atoms with Crippen LogP contribution in [0.5, 0.6) is 0 Å². The lowest BCUT2D eigenvalue weighted by atomic mass is 10.2. The van der Waals surface area contributed by atoms with E-state index in [1.165, 1.54) is 0 Å². The lowest BCUT2D eigenvalue weighted by Gasteiger charge is -2.19. The number of anilines is 1. The highest BCUT2D eigenvalue weighted by atomic mass is 79.9. The van der Waals surface area contributed by atoms with Gasteiger partial charge in [0.2, 0.25) is 0 Å². The van der Waals surface area contributed by atoms with Crippen molar-refractivity contribution in [1.82, 2.24) is 25.0 Å². The van der Waals surface area contributed by atoms with Crippen LogP contribution in [0.2, 0.25) is 0 Å².